The van der Waals surface area contributed by atoms with Crippen molar-refractivity contribution in [1.29, 1.82) is 0 Å². The van der Waals surface area contributed by atoms with E-state index in [0.717, 1.165) is 19.5 Å². The Morgan fingerprint density at radius 3 is 2.88 bits per heavy atom. The molecule has 0 saturated carbocycles. The quantitative estimate of drug-likeness (QED) is 0.526. The molecule has 1 fully saturated rings. The van der Waals surface area contributed by atoms with Gasteiger partial charge in [-0.1, -0.05) is 0 Å². The van der Waals surface area contributed by atoms with Crippen molar-refractivity contribution in [2.24, 2.45) is 5.92 Å². The Hall–Kier alpha value is -0.0800. The second-order valence-corrected chi connectivity index (χ2v) is 2.38. The lowest BCUT2D eigenvalue weighted by Crippen LogP contribution is -2.31. The Morgan fingerprint density at radius 2 is 2.50 bits per heavy atom. The van der Waals surface area contributed by atoms with Crippen molar-refractivity contribution in [3.05, 3.63) is 0 Å². The molecule has 0 unspecified atom stereocenters. The molecule has 1 rings (SSSR count). The number of hydrogen-bond acceptors (Lipinski definition) is 1. The highest BCUT2D eigenvalue weighted by atomic mass is 16.3. The topological polar surface area (TPSA) is 31.9 Å². The van der Waals surface area contributed by atoms with Gasteiger partial charge in [0, 0.05) is 6.54 Å². The molecule has 1 heterocycles. The second kappa shape index (κ2) is 3.05. The Kier molecular flexibility index (Phi) is 2.30. The number of piperidine rings is 1. The molecule has 8 heavy (non-hydrogen) atoms. The van der Waals surface area contributed by atoms with E-state index >= 15 is 0 Å². The average Bonchev–Trinajstić information content (AvgIpc) is 1.90. The van der Waals surface area contributed by atoms with E-state index in [2.05, 4.69) is 5.32 Å². The highest BCUT2D eigenvalue weighted by Crippen LogP contribution is 2.07. The van der Waals surface area contributed by atoms with Crippen molar-refractivity contribution in [3.63, 3.8) is 0 Å². The minimum atomic E-state index is 0.104. The molecule has 1 aliphatic heterocycles. The van der Waals surface area contributed by atoms with E-state index in [1.54, 1.807) is 0 Å². The molecule has 1 N–H and O–H groups in total. The van der Waals surface area contributed by atoms with E-state index in [1.165, 1.54) is 6.42 Å². The van der Waals surface area contributed by atoms with Crippen molar-refractivity contribution in [2.45, 2.75) is 12.8 Å². The monoisotopic (exact) mass is 114 g/mol. The first kappa shape index (κ1) is 6.05. The molecule has 0 amide bonds. The van der Waals surface area contributed by atoms with Crippen LogP contribution in [0.1, 0.15) is 12.8 Å². The van der Waals surface area contributed by atoms with Crippen molar-refractivity contribution in [2.75, 3.05) is 19.7 Å². The summed E-state index contributed by atoms with van der Waals surface area (Å²) in [6.07, 6.45) is 2.32. The Morgan fingerprint density at radius 1 is 1.62 bits per heavy atom. The molecule has 1 saturated heterocycles. The lowest BCUT2D eigenvalue weighted by atomic mass is 10.0. The maximum Gasteiger partial charge on any atom is 0.0862 e. The van der Waals surface area contributed by atoms with Crippen molar-refractivity contribution in [1.82, 2.24) is 5.32 Å². The van der Waals surface area contributed by atoms with Gasteiger partial charge in [-0.15, -0.1) is 0 Å². The third-order valence-corrected chi connectivity index (χ3v) is 1.63. The van der Waals surface area contributed by atoms with E-state index in [1.807, 2.05) is 0 Å². The summed E-state index contributed by atoms with van der Waals surface area (Å²) in [6.45, 7) is 2.16. The molecule has 0 aliphatic carbocycles. The molecule has 1 aliphatic rings. The Bertz CT molecular complexity index is 59.5. The molecular weight excluding hydrogens is 102 g/mol. The van der Waals surface area contributed by atoms with Crippen LogP contribution in [0.4, 0.5) is 0 Å². The maximum atomic E-state index is 10.2. The summed E-state index contributed by atoms with van der Waals surface area (Å²) in [5.74, 6) is 0.420. The van der Waals surface area contributed by atoms with Gasteiger partial charge in [-0.2, -0.15) is 0 Å². The summed E-state index contributed by atoms with van der Waals surface area (Å²) in [7, 11) is 0. The predicted octanol–water partition coefficient (Wildman–Crippen LogP) is 0.417. The predicted molar refractivity (Wildman–Crippen MR) is 31.1 cm³/mol. The van der Waals surface area contributed by atoms with Gasteiger partial charge in [0.1, 0.15) is 0 Å². The molecule has 0 spiro atoms. The van der Waals surface area contributed by atoms with Gasteiger partial charge in [0.05, 0.1) is 6.61 Å². The standard InChI is InChI=1S/C6H12NO/c8-5-6-2-1-3-7-4-6/h6-7H,1-5H2/t6-/m1/s1. The average molecular weight is 114 g/mol. The highest BCUT2D eigenvalue weighted by Gasteiger charge is 2.10. The van der Waals surface area contributed by atoms with Crippen LogP contribution in [0.2, 0.25) is 0 Å². The van der Waals surface area contributed by atoms with Crippen LogP contribution >= 0.6 is 0 Å². The lowest BCUT2D eigenvalue weighted by molar-refractivity contribution is 0.128. The van der Waals surface area contributed by atoms with Gasteiger partial charge in [0.25, 0.3) is 0 Å². The van der Waals surface area contributed by atoms with Gasteiger partial charge in [-0.25, -0.2) is 5.11 Å². The molecule has 0 aromatic heterocycles. The zero-order valence-electron chi connectivity index (χ0n) is 5.02. The third kappa shape index (κ3) is 1.46. The molecule has 2 heteroatoms. The Balaban J connectivity index is 2.13. The molecule has 1 radical (unpaired) electrons. The fourth-order valence-corrected chi connectivity index (χ4v) is 1.07. The lowest BCUT2D eigenvalue weighted by Gasteiger charge is -2.19. The molecule has 1 atom stereocenters. The maximum absolute atomic E-state index is 10.2. The summed E-state index contributed by atoms with van der Waals surface area (Å²) in [5, 5.41) is 13.4. The Labute approximate surface area is 49.9 Å². The zero-order chi connectivity index (χ0) is 5.82. The molecule has 0 aromatic rings. The van der Waals surface area contributed by atoms with Crippen LogP contribution in [0.5, 0.6) is 0 Å². The van der Waals surface area contributed by atoms with Gasteiger partial charge in [0.2, 0.25) is 0 Å². The van der Waals surface area contributed by atoms with Crippen LogP contribution < -0.4 is 5.32 Å². The third-order valence-electron chi connectivity index (χ3n) is 1.63. The molecule has 0 aromatic carbocycles. The van der Waals surface area contributed by atoms with E-state index < -0.39 is 0 Å². The minimum absolute atomic E-state index is 0.104. The van der Waals surface area contributed by atoms with E-state index in [-0.39, 0.29) is 6.61 Å². The normalized spacial score (nSPS) is 30.4. The van der Waals surface area contributed by atoms with Gasteiger partial charge in [-0.05, 0) is 25.3 Å². The number of hydrogen-bond donors (Lipinski definition) is 1. The summed E-state index contributed by atoms with van der Waals surface area (Å²) in [5.41, 5.74) is 0. The van der Waals surface area contributed by atoms with Crippen LogP contribution in [-0.2, 0) is 5.11 Å². The molecular formula is C6H12NO. The van der Waals surface area contributed by atoms with Crippen LogP contribution in [0, 0.1) is 5.92 Å². The minimum Gasteiger partial charge on any atom is -0.316 e. The molecule has 2 nitrogen and oxygen atoms in total. The van der Waals surface area contributed by atoms with Crippen molar-refractivity contribution in [3.8, 4) is 0 Å². The number of rotatable bonds is 1. The van der Waals surface area contributed by atoms with E-state index in [9.17, 15) is 5.11 Å². The molecule has 47 valence electrons. The fraction of sp³-hybridized carbons (Fsp3) is 1.00. The van der Waals surface area contributed by atoms with Crippen molar-refractivity contribution >= 4 is 0 Å². The second-order valence-electron chi connectivity index (χ2n) is 2.38. The van der Waals surface area contributed by atoms with Gasteiger partial charge in [0.15, 0.2) is 0 Å². The number of nitrogens with one attached hydrogen (secondary N) is 1. The smallest absolute Gasteiger partial charge is 0.0862 e. The highest BCUT2D eigenvalue weighted by molar-refractivity contribution is 4.66. The fourth-order valence-electron chi connectivity index (χ4n) is 1.07. The first-order valence-electron chi connectivity index (χ1n) is 3.22. The first-order chi connectivity index (χ1) is 3.93. The summed E-state index contributed by atoms with van der Waals surface area (Å²) in [4.78, 5) is 0. The zero-order valence-corrected chi connectivity index (χ0v) is 5.02. The van der Waals surface area contributed by atoms with Crippen LogP contribution in [0.3, 0.4) is 0 Å². The summed E-state index contributed by atoms with van der Waals surface area (Å²) >= 11 is 0. The van der Waals surface area contributed by atoms with E-state index in [4.69, 9.17) is 0 Å². The summed E-state index contributed by atoms with van der Waals surface area (Å²) in [6, 6.07) is 0. The van der Waals surface area contributed by atoms with Crippen LogP contribution in [-0.4, -0.2) is 19.7 Å². The SMILES string of the molecule is [O]C[C@@H]1CCCNC1. The largest absolute Gasteiger partial charge is 0.316 e. The first-order valence-corrected chi connectivity index (χ1v) is 3.22. The van der Waals surface area contributed by atoms with Gasteiger partial charge in [-0.3, -0.25) is 0 Å². The molecule has 0 bridgehead atoms. The van der Waals surface area contributed by atoms with Crippen LogP contribution in [0.25, 0.3) is 0 Å². The van der Waals surface area contributed by atoms with Crippen molar-refractivity contribution < 1.29 is 5.11 Å². The van der Waals surface area contributed by atoms with E-state index in [0.29, 0.717) is 5.92 Å². The summed E-state index contributed by atoms with van der Waals surface area (Å²) < 4.78 is 0. The van der Waals surface area contributed by atoms with Gasteiger partial charge < -0.3 is 5.32 Å². The van der Waals surface area contributed by atoms with Gasteiger partial charge >= 0.3 is 0 Å². The van der Waals surface area contributed by atoms with Crippen LogP contribution in [0.15, 0.2) is 0 Å².